The summed E-state index contributed by atoms with van der Waals surface area (Å²) in [5.41, 5.74) is -2.80. The number of carbonyl (C=O) groups excluding carboxylic acids is 1. The van der Waals surface area contributed by atoms with Crippen molar-refractivity contribution in [3.8, 4) is 11.4 Å². The molecule has 0 aliphatic rings. The molecule has 1 unspecified atom stereocenters. The second-order valence-electron chi connectivity index (χ2n) is 6.43. The number of nitrogens with zero attached hydrogens (tertiary/aromatic N) is 2. The highest BCUT2D eigenvalue weighted by molar-refractivity contribution is 7.99. The molecule has 0 fully saturated rings. The number of carbonyl (C=O) groups is 1. The van der Waals surface area contributed by atoms with Crippen LogP contribution in [0.3, 0.4) is 0 Å². The van der Waals surface area contributed by atoms with Gasteiger partial charge in [0.05, 0.1) is 10.7 Å². The molecule has 3 aromatic rings. The number of hydrogen-bond acceptors (Lipinski definition) is 6. The lowest BCUT2D eigenvalue weighted by molar-refractivity contribution is -0.242. The summed E-state index contributed by atoms with van der Waals surface area (Å²) in [4.78, 5) is 17.5. The van der Waals surface area contributed by atoms with Gasteiger partial charge in [0.25, 0.3) is 5.91 Å². The van der Waals surface area contributed by atoms with Crippen LogP contribution in [0, 0.1) is 6.92 Å². The van der Waals surface area contributed by atoms with Crippen molar-refractivity contribution in [2.24, 2.45) is 0 Å². The number of nitrogens with one attached hydrogen (secondary N) is 1. The van der Waals surface area contributed by atoms with Gasteiger partial charge in [0.1, 0.15) is 0 Å². The zero-order valence-corrected chi connectivity index (χ0v) is 17.2. The fraction of sp³-hybridized carbons (Fsp3) is 0.211. The number of anilines is 1. The van der Waals surface area contributed by atoms with Crippen LogP contribution in [0.5, 0.6) is 0 Å². The molecule has 1 atom stereocenters. The van der Waals surface area contributed by atoms with E-state index < -0.39 is 17.7 Å². The van der Waals surface area contributed by atoms with Gasteiger partial charge < -0.3 is 14.9 Å². The quantitative estimate of drug-likeness (QED) is 0.554. The number of aliphatic hydroxyl groups is 1. The maximum absolute atomic E-state index is 12.8. The molecule has 1 heterocycles. The molecule has 1 amide bonds. The van der Waals surface area contributed by atoms with Gasteiger partial charge in [0.15, 0.2) is 0 Å². The molecule has 2 N–H and O–H groups in total. The number of amides is 1. The van der Waals surface area contributed by atoms with Crippen LogP contribution >= 0.6 is 23.4 Å². The van der Waals surface area contributed by atoms with Gasteiger partial charge in [-0.2, -0.15) is 18.2 Å². The van der Waals surface area contributed by atoms with Gasteiger partial charge >= 0.3 is 6.18 Å². The van der Waals surface area contributed by atoms with E-state index in [9.17, 15) is 23.1 Å². The van der Waals surface area contributed by atoms with E-state index in [-0.39, 0.29) is 10.7 Å². The van der Waals surface area contributed by atoms with E-state index in [0.717, 1.165) is 10.5 Å². The SMILES string of the molecule is Cc1nc(-c2ccc(Sc3ccc(NC(=O)C(C)(O)C(F)(F)F)c(Cl)c3)cc2)no1. The van der Waals surface area contributed by atoms with Gasteiger partial charge in [-0.05, 0) is 49.4 Å². The van der Waals surface area contributed by atoms with Crippen molar-refractivity contribution in [2.45, 2.75) is 35.4 Å². The molecule has 3 rings (SSSR count). The summed E-state index contributed by atoms with van der Waals surface area (Å²) in [7, 11) is 0. The first-order valence-electron chi connectivity index (χ1n) is 8.46. The van der Waals surface area contributed by atoms with Gasteiger partial charge in [0.2, 0.25) is 17.3 Å². The highest BCUT2D eigenvalue weighted by atomic mass is 35.5. The van der Waals surface area contributed by atoms with Crippen LogP contribution in [0.4, 0.5) is 18.9 Å². The third kappa shape index (κ3) is 4.77. The van der Waals surface area contributed by atoms with Crippen molar-refractivity contribution in [2.75, 3.05) is 5.32 Å². The Bertz CT molecular complexity index is 1070. The number of halogens is 4. The topological polar surface area (TPSA) is 88.2 Å². The number of hydrogen-bond donors (Lipinski definition) is 2. The molecule has 0 aliphatic heterocycles. The second-order valence-corrected chi connectivity index (χ2v) is 7.98. The summed E-state index contributed by atoms with van der Waals surface area (Å²) in [6.45, 7) is 2.07. The molecule has 11 heteroatoms. The maximum atomic E-state index is 12.8. The zero-order chi connectivity index (χ0) is 22.1. The lowest BCUT2D eigenvalue weighted by atomic mass is 10.1. The van der Waals surface area contributed by atoms with Gasteiger partial charge in [-0.25, -0.2) is 0 Å². The minimum absolute atomic E-state index is 0.0326. The molecule has 158 valence electrons. The molecule has 0 spiro atoms. The average Bonchev–Trinajstić information content (AvgIpc) is 3.10. The fourth-order valence-electron chi connectivity index (χ4n) is 2.26. The minimum atomic E-state index is -5.12. The average molecular weight is 458 g/mol. The van der Waals surface area contributed by atoms with E-state index in [2.05, 4.69) is 10.1 Å². The van der Waals surface area contributed by atoms with E-state index in [0.29, 0.717) is 23.5 Å². The van der Waals surface area contributed by atoms with Gasteiger partial charge in [0, 0.05) is 22.3 Å². The van der Waals surface area contributed by atoms with Crippen LogP contribution in [0.1, 0.15) is 12.8 Å². The van der Waals surface area contributed by atoms with Gasteiger partial charge in [-0.15, -0.1) is 0 Å². The van der Waals surface area contributed by atoms with Gasteiger partial charge in [-0.1, -0.05) is 28.5 Å². The highest BCUT2D eigenvalue weighted by Gasteiger charge is 2.55. The van der Waals surface area contributed by atoms with E-state index in [4.69, 9.17) is 16.1 Å². The largest absolute Gasteiger partial charge is 0.426 e. The molecule has 0 saturated heterocycles. The Kier molecular flexibility index (Phi) is 6.11. The molecule has 0 aliphatic carbocycles. The summed E-state index contributed by atoms with van der Waals surface area (Å²) in [6, 6.07) is 11.8. The Morgan fingerprint density at radius 2 is 1.80 bits per heavy atom. The monoisotopic (exact) mass is 457 g/mol. The Hall–Kier alpha value is -2.56. The lowest BCUT2D eigenvalue weighted by Gasteiger charge is -2.25. The maximum Gasteiger partial charge on any atom is 0.426 e. The number of alkyl halides is 3. The number of aryl methyl sites for hydroxylation is 1. The molecule has 0 radical (unpaired) electrons. The normalized spacial score (nSPS) is 13.7. The summed E-state index contributed by atoms with van der Waals surface area (Å²) >= 11 is 7.45. The minimum Gasteiger partial charge on any atom is -0.373 e. The summed E-state index contributed by atoms with van der Waals surface area (Å²) < 4.78 is 43.3. The van der Waals surface area contributed by atoms with Crippen LogP contribution in [-0.2, 0) is 4.79 Å². The zero-order valence-electron chi connectivity index (χ0n) is 15.6. The molecular weight excluding hydrogens is 443 g/mol. The van der Waals surface area contributed by atoms with Crippen molar-refractivity contribution >= 4 is 35.0 Å². The summed E-state index contributed by atoms with van der Waals surface area (Å²) in [5, 5.41) is 15.3. The molecule has 2 aromatic carbocycles. The van der Waals surface area contributed by atoms with E-state index in [1.54, 1.807) is 13.0 Å². The Morgan fingerprint density at radius 3 is 2.33 bits per heavy atom. The van der Waals surface area contributed by atoms with Crippen molar-refractivity contribution in [3.63, 3.8) is 0 Å². The van der Waals surface area contributed by atoms with Crippen LogP contribution in [0.15, 0.2) is 56.8 Å². The lowest BCUT2D eigenvalue weighted by Crippen LogP contribution is -2.52. The third-order valence-electron chi connectivity index (χ3n) is 4.06. The molecule has 1 aromatic heterocycles. The Morgan fingerprint density at radius 1 is 1.17 bits per heavy atom. The van der Waals surface area contributed by atoms with E-state index >= 15 is 0 Å². The third-order valence-corrected chi connectivity index (χ3v) is 5.37. The fourth-order valence-corrected chi connectivity index (χ4v) is 3.41. The Balaban J connectivity index is 1.70. The van der Waals surface area contributed by atoms with Crippen molar-refractivity contribution in [1.82, 2.24) is 10.1 Å². The molecule has 6 nitrogen and oxygen atoms in total. The summed E-state index contributed by atoms with van der Waals surface area (Å²) in [6.07, 6.45) is -5.12. The van der Waals surface area contributed by atoms with E-state index in [1.807, 2.05) is 29.6 Å². The molecule has 0 saturated carbocycles. The first-order chi connectivity index (χ1) is 14.0. The second kappa shape index (κ2) is 8.29. The first kappa shape index (κ1) is 22.1. The van der Waals surface area contributed by atoms with Crippen LogP contribution in [0.25, 0.3) is 11.4 Å². The Labute approximate surface area is 178 Å². The van der Waals surface area contributed by atoms with Crippen LogP contribution in [0.2, 0.25) is 5.02 Å². The molecule has 30 heavy (non-hydrogen) atoms. The first-order valence-corrected chi connectivity index (χ1v) is 9.65. The predicted octanol–water partition coefficient (Wildman–Crippen LogP) is 5.10. The summed E-state index contributed by atoms with van der Waals surface area (Å²) in [5.74, 6) is -0.687. The predicted molar refractivity (Wildman–Crippen MR) is 105 cm³/mol. The number of aromatic nitrogens is 2. The number of rotatable bonds is 5. The smallest absolute Gasteiger partial charge is 0.373 e. The molecular formula is C19H15ClF3N3O3S. The standard InChI is InChI=1S/C19H15ClF3N3O3S/c1-10-24-16(26-29-10)11-3-5-12(6-4-11)30-13-7-8-15(14(20)9-13)25-17(27)18(2,28)19(21,22)23/h3-9,28H,1-2H3,(H,25,27). The van der Waals surface area contributed by atoms with E-state index in [1.165, 1.54) is 23.9 Å². The van der Waals surface area contributed by atoms with Crippen molar-refractivity contribution in [3.05, 3.63) is 53.4 Å². The number of benzene rings is 2. The molecule has 0 bridgehead atoms. The highest BCUT2D eigenvalue weighted by Crippen LogP contribution is 2.35. The van der Waals surface area contributed by atoms with Crippen LogP contribution in [-0.4, -0.2) is 32.9 Å². The van der Waals surface area contributed by atoms with Crippen LogP contribution < -0.4 is 5.32 Å². The van der Waals surface area contributed by atoms with Crippen molar-refractivity contribution < 1.29 is 27.6 Å². The van der Waals surface area contributed by atoms with Gasteiger partial charge in [-0.3, -0.25) is 4.79 Å². The van der Waals surface area contributed by atoms with Crippen molar-refractivity contribution in [1.29, 1.82) is 0 Å².